The van der Waals surface area contributed by atoms with Crippen LogP contribution in [0, 0.1) is 6.92 Å². The first-order valence-corrected chi connectivity index (χ1v) is 7.10. The Bertz CT molecular complexity index is 536. The molecule has 0 saturated carbocycles. The van der Waals surface area contributed by atoms with Gasteiger partial charge in [-0.15, -0.1) is 0 Å². The Hall–Kier alpha value is -1.80. The summed E-state index contributed by atoms with van der Waals surface area (Å²) in [5.41, 5.74) is 3.85. The number of nitrogens with one attached hydrogen (secondary N) is 1. The molecular formula is C18H23NO. The summed E-state index contributed by atoms with van der Waals surface area (Å²) in [5.74, 6) is 0.950. The Morgan fingerprint density at radius 2 is 1.80 bits per heavy atom. The zero-order chi connectivity index (χ0) is 14.4. The van der Waals surface area contributed by atoms with E-state index in [9.17, 15) is 0 Å². The van der Waals surface area contributed by atoms with Crippen molar-refractivity contribution in [3.63, 3.8) is 0 Å². The fourth-order valence-corrected chi connectivity index (χ4v) is 2.38. The topological polar surface area (TPSA) is 21.3 Å². The lowest BCUT2D eigenvalue weighted by atomic mass is 10.1. The molecule has 0 amide bonds. The van der Waals surface area contributed by atoms with Crippen molar-refractivity contribution in [2.75, 3.05) is 7.11 Å². The molecule has 0 aliphatic heterocycles. The van der Waals surface area contributed by atoms with Crippen LogP contribution < -0.4 is 10.1 Å². The van der Waals surface area contributed by atoms with Crippen LogP contribution in [0.25, 0.3) is 0 Å². The van der Waals surface area contributed by atoms with Crippen molar-refractivity contribution >= 4 is 0 Å². The minimum Gasteiger partial charge on any atom is -0.496 e. The summed E-state index contributed by atoms with van der Waals surface area (Å²) in [5, 5.41) is 3.57. The summed E-state index contributed by atoms with van der Waals surface area (Å²) in [6.07, 6.45) is 1.05. The summed E-state index contributed by atoms with van der Waals surface area (Å²) in [6.45, 7) is 5.19. The van der Waals surface area contributed by atoms with E-state index in [1.165, 1.54) is 16.7 Å². The zero-order valence-electron chi connectivity index (χ0n) is 12.5. The normalized spacial score (nSPS) is 12.2. The van der Waals surface area contributed by atoms with E-state index < -0.39 is 0 Å². The van der Waals surface area contributed by atoms with E-state index >= 15 is 0 Å². The van der Waals surface area contributed by atoms with Crippen LogP contribution >= 0.6 is 0 Å². The third-order valence-corrected chi connectivity index (χ3v) is 3.50. The van der Waals surface area contributed by atoms with Gasteiger partial charge in [-0.05, 0) is 43.0 Å². The van der Waals surface area contributed by atoms with E-state index in [1.54, 1.807) is 7.11 Å². The molecule has 0 saturated heterocycles. The molecule has 0 fully saturated rings. The SMILES string of the molecule is COc1ccc(CNC(C)Cc2ccccc2)cc1C. The van der Waals surface area contributed by atoms with Gasteiger partial charge in [0.2, 0.25) is 0 Å². The molecule has 1 unspecified atom stereocenters. The molecule has 1 atom stereocenters. The van der Waals surface area contributed by atoms with Gasteiger partial charge in [0.1, 0.15) is 5.75 Å². The average Bonchev–Trinajstić information content (AvgIpc) is 2.46. The molecule has 0 radical (unpaired) electrons. The molecule has 1 N–H and O–H groups in total. The monoisotopic (exact) mass is 269 g/mol. The Morgan fingerprint density at radius 3 is 2.45 bits per heavy atom. The lowest BCUT2D eigenvalue weighted by molar-refractivity contribution is 0.411. The van der Waals surface area contributed by atoms with Gasteiger partial charge >= 0.3 is 0 Å². The Morgan fingerprint density at radius 1 is 1.05 bits per heavy atom. The van der Waals surface area contributed by atoms with Gasteiger partial charge in [-0.25, -0.2) is 0 Å². The van der Waals surface area contributed by atoms with Crippen LogP contribution in [-0.4, -0.2) is 13.2 Å². The van der Waals surface area contributed by atoms with E-state index in [-0.39, 0.29) is 0 Å². The van der Waals surface area contributed by atoms with E-state index in [0.29, 0.717) is 6.04 Å². The quantitative estimate of drug-likeness (QED) is 0.863. The number of ether oxygens (including phenoxy) is 1. The van der Waals surface area contributed by atoms with Crippen LogP contribution in [0.15, 0.2) is 48.5 Å². The third kappa shape index (κ3) is 4.10. The maximum absolute atomic E-state index is 5.28. The van der Waals surface area contributed by atoms with Crippen LogP contribution in [0.4, 0.5) is 0 Å². The molecule has 0 aliphatic carbocycles. The van der Waals surface area contributed by atoms with Crippen LogP contribution in [0.5, 0.6) is 5.75 Å². The highest BCUT2D eigenvalue weighted by Crippen LogP contribution is 2.18. The number of aryl methyl sites for hydroxylation is 1. The summed E-state index contributed by atoms with van der Waals surface area (Å²) in [4.78, 5) is 0. The molecule has 0 heterocycles. The molecule has 2 aromatic carbocycles. The Balaban J connectivity index is 1.87. The van der Waals surface area contributed by atoms with Gasteiger partial charge < -0.3 is 10.1 Å². The largest absolute Gasteiger partial charge is 0.496 e. The molecule has 0 bridgehead atoms. The Kier molecular flexibility index (Phi) is 5.19. The molecule has 2 aromatic rings. The van der Waals surface area contributed by atoms with Crippen LogP contribution in [0.1, 0.15) is 23.6 Å². The summed E-state index contributed by atoms with van der Waals surface area (Å²) < 4.78 is 5.28. The number of benzene rings is 2. The Labute approximate surface area is 121 Å². The molecule has 0 aliphatic rings. The van der Waals surface area contributed by atoms with Crippen LogP contribution in [0.2, 0.25) is 0 Å². The van der Waals surface area contributed by atoms with Crippen molar-refractivity contribution in [3.8, 4) is 5.75 Å². The lowest BCUT2D eigenvalue weighted by Gasteiger charge is -2.15. The molecular weight excluding hydrogens is 246 g/mol. The zero-order valence-corrected chi connectivity index (χ0v) is 12.5. The minimum absolute atomic E-state index is 0.458. The number of hydrogen-bond acceptors (Lipinski definition) is 2. The van der Waals surface area contributed by atoms with Crippen molar-refractivity contribution in [1.29, 1.82) is 0 Å². The first-order valence-electron chi connectivity index (χ1n) is 7.10. The second-order valence-corrected chi connectivity index (χ2v) is 5.28. The first kappa shape index (κ1) is 14.6. The third-order valence-electron chi connectivity index (χ3n) is 3.50. The molecule has 106 valence electrons. The molecule has 2 rings (SSSR count). The molecule has 0 spiro atoms. The van der Waals surface area contributed by atoms with Crippen molar-refractivity contribution in [3.05, 3.63) is 65.2 Å². The smallest absolute Gasteiger partial charge is 0.121 e. The molecule has 2 heteroatoms. The van der Waals surface area contributed by atoms with E-state index in [1.807, 2.05) is 6.07 Å². The van der Waals surface area contributed by atoms with Gasteiger partial charge in [-0.1, -0.05) is 42.5 Å². The van der Waals surface area contributed by atoms with Gasteiger partial charge in [0.05, 0.1) is 7.11 Å². The van der Waals surface area contributed by atoms with Crippen LogP contribution in [0.3, 0.4) is 0 Å². The highest BCUT2D eigenvalue weighted by Gasteiger charge is 2.04. The van der Waals surface area contributed by atoms with Crippen molar-refractivity contribution in [2.24, 2.45) is 0 Å². The summed E-state index contributed by atoms with van der Waals surface area (Å²) in [6, 6.07) is 17.4. The fraction of sp³-hybridized carbons (Fsp3) is 0.333. The summed E-state index contributed by atoms with van der Waals surface area (Å²) >= 11 is 0. The van der Waals surface area contributed by atoms with Crippen molar-refractivity contribution in [1.82, 2.24) is 5.32 Å². The highest BCUT2D eigenvalue weighted by molar-refractivity contribution is 5.36. The predicted octanol–water partition coefficient (Wildman–Crippen LogP) is 3.72. The predicted molar refractivity (Wildman–Crippen MR) is 84.2 cm³/mol. The molecule has 0 aromatic heterocycles. The van der Waals surface area contributed by atoms with Gasteiger partial charge in [0.15, 0.2) is 0 Å². The van der Waals surface area contributed by atoms with Gasteiger partial charge in [0, 0.05) is 12.6 Å². The molecule has 20 heavy (non-hydrogen) atoms. The number of hydrogen-bond donors (Lipinski definition) is 1. The second kappa shape index (κ2) is 7.11. The minimum atomic E-state index is 0.458. The number of rotatable bonds is 6. The van der Waals surface area contributed by atoms with Gasteiger partial charge in [-0.2, -0.15) is 0 Å². The fourth-order valence-electron chi connectivity index (χ4n) is 2.38. The van der Waals surface area contributed by atoms with E-state index in [2.05, 4.69) is 61.6 Å². The van der Waals surface area contributed by atoms with Crippen molar-refractivity contribution < 1.29 is 4.74 Å². The first-order chi connectivity index (χ1) is 9.69. The molecule has 2 nitrogen and oxygen atoms in total. The van der Waals surface area contributed by atoms with Gasteiger partial charge in [-0.3, -0.25) is 0 Å². The lowest BCUT2D eigenvalue weighted by Crippen LogP contribution is -2.27. The van der Waals surface area contributed by atoms with Gasteiger partial charge in [0.25, 0.3) is 0 Å². The van der Waals surface area contributed by atoms with Crippen molar-refractivity contribution in [2.45, 2.75) is 32.9 Å². The van der Waals surface area contributed by atoms with E-state index in [4.69, 9.17) is 4.74 Å². The van der Waals surface area contributed by atoms with Crippen LogP contribution in [-0.2, 0) is 13.0 Å². The maximum Gasteiger partial charge on any atom is 0.121 e. The number of methoxy groups -OCH3 is 1. The highest BCUT2D eigenvalue weighted by atomic mass is 16.5. The average molecular weight is 269 g/mol. The second-order valence-electron chi connectivity index (χ2n) is 5.28. The van der Waals surface area contributed by atoms with E-state index in [0.717, 1.165) is 18.7 Å². The summed E-state index contributed by atoms with van der Waals surface area (Å²) in [7, 11) is 1.71. The maximum atomic E-state index is 5.28. The standard InChI is InChI=1S/C18H23NO/c1-14-11-17(9-10-18(14)20-3)13-19-15(2)12-16-7-5-4-6-8-16/h4-11,15,19H,12-13H2,1-3H3.